The first-order valence-electron chi connectivity index (χ1n) is 48.1. The Labute approximate surface area is 703 Å². The summed E-state index contributed by atoms with van der Waals surface area (Å²) in [6.45, 7) is 31.6. The quantitative estimate of drug-likeness (QED) is 0.0215. The number of allylic oxidation sites excluding steroid dienone is 8. The lowest BCUT2D eigenvalue weighted by Gasteiger charge is -2.34. The van der Waals surface area contributed by atoms with Gasteiger partial charge >= 0.3 is 0 Å². The van der Waals surface area contributed by atoms with Gasteiger partial charge in [0.05, 0.1) is 0 Å². The van der Waals surface area contributed by atoms with Crippen LogP contribution < -0.4 is 42.5 Å². The largest absolute Gasteiger partial charge is 0.356 e. The van der Waals surface area contributed by atoms with E-state index in [1.807, 2.05) is 0 Å². The fourth-order valence-corrected chi connectivity index (χ4v) is 19.3. The van der Waals surface area contributed by atoms with E-state index < -0.39 is 12.1 Å². The Kier molecular flexibility index (Phi) is 52.7. The van der Waals surface area contributed by atoms with Gasteiger partial charge in [-0.05, 0) is 287 Å². The van der Waals surface area contributed by atoms with Gasteiger partial charge in [-0.15, -0.1) is 0 Å². The SMILES string of the molecule is CC1=C(CCCCCCCCC(=O)NCCCCC(NC(=O)CCCCCCCCC2=C(C)CCCC2(C)C)C(=O)NCCCCCNC(=O)CCCC(=O)NCCCCCNC(=O)C(CCCCNC(=O)CCCCCCCCC2=C(C)CCCC2(C)C)NC(=O)CCCCCCCCC2=C(C)CCCC2(C)C)C(C)(C)CCC1. The molecule has 16 nitrogen and oxygen atoms in total. The lowest BCUT2D eigenvalue weighted by Crippen LogP contribution is -2.47. The smallest absolute Gasteiger partial charge is 0.242 e. The maximum absolute atomic E-state index is 13.6. The molecule has 8 amide bonds. The Bertz CT molecular complexity index is 2780. The number of unbranched alkanes of at least 4 members (excludes halogenated alkanes) is 26. The summed E-state index contributed by atoms with van der Waals surface area (Å²) in [4.78, 5) is 105. The summed E-state index contributed by atoms with van der Waals surface area (Å²) in [5.41, 5.74) is 14.5. The van der Waals surface area contributed by atoms with Gasteiger partial charge in [0.25, 0.3) is 0 Å². The minimum absolute atomic E-state index is 0.0846. The number of amides is 8. The van der Waals surface area contributed by atoms with Crippen LogP contribution in [0.25, 0.3) is 0 Å². The van der Waals surface area contributed by atoms with Crippen LogP contribution in [0.3, 0.4) is 0 Å². The fourth-order valence-electron chi connectivity index (χ4n) is 19.3. The summed E-state index contributed by atoms with van der Waals surface area (Å²) in [5.74, 6) is -0.555. The van der Waals surface area contributed by atoms with Crippen molar-refractivity contribution in [2.24, 2.45) is 21.7 Å². The third-order valence-corrected chi connectivity index (χ3v) is 26.6. The second-order valence-corrected chi connectivity index (χ2v) is 38.7. The molecular weight excluding hydrogens is 1430 g/mol. The monoisotopic (exact) mass is 1610 g/mol. The molecule has 0 aromatic carbocycles. The summed E-state index contributed by atoms with van der Waals surface area (Å²) in [7, 11) is 0. The van der Waals surface area contributed by atoms with Crippen molar-refractivity contribution in [2.45, 2.75) is 474 Å². The standard InChI is InChI=1S/C99H176N8O8/c1-78-52-48-68-96(5,6)82(78)56-31-21-13-17-25-35-62-88(108)102-74-45-39-60-86(106-92(112)64-37-27-19-15-23-33-58-84-80(3)54-50-70-98(84,9)10)94(114)104-76-43-29-41-72-100-90(110)66-47-67-91(111)101-73-42-30-44-77-105-95(115)87(107-93(113)65-38-28-20-16-24-34-59-85-81(4)55-51-71-99(85,11)12)61-40-46-75-103-89(109)63-36-26-18-14-22-32-57-83-79(2)53-49-69-97(83,7)8/h86-87H,13-77H2,1-12H3,(H,100,110)(H,101,111)(H,102,108)(H,103,109)(H,104,114)(H,105,115)(H,106,112)(H,107,113). The van der Waals surface area contributed by atoms with Gasteiger partial charge in [-0.1, -0.05) is 203 Å². The van der Waals surface area contributed by atoms with Crippen LogP contribution in [-0.4, -0.2) is 98.6 Å². The lowest BCUT2D eigenvalue weighted by atomic mass is 9.71. The highest BCUT2D eigenvalue weighted by Gasteiger charge is 2.32. The van der Waals surface area contributed by atoms with Gasteiger partial charge < -0.3 is 42.5 Å². The number of carbonyl (C=O) groups is 8. The van der Waals surface area contributed by atoms with Crippen molar-refractivity contribution in [1.29, 1.82) is 0 Å². The molecule has 0 fully saturated rings. The van der Waals surface area contributed by atoms with E-state index in [9.17, 15) is 38.4 Å². The van der Waals surface area contributed by atoms with Crippen molar-refractivity contribution >= 4 is 47.3 Å². The van der Waals surface area contributed by atoms with Crippen LogP contribution in [0.1, 0.15) is 462 Å². The Hall–Kier alpha value is -5.28. The van der Waals surface area contributed by atoms with E-state index in [-0.39, 0.29) is 60.1 Å². The van der Waals surface area contributed by atoms with Gasteiger partial charge in [-0.3, -0.25) is 38.4 Å². The maximum atomic E-state index is 13.6. The summed E-state index contributed by atoms with van der Waals surface area (Å²) in [6, 6.07) is -1.28. The normalized spacial score (nSPS) is 17.1. The predicted molar refractivity (Wildman–Crippen MR) is 480 cm³/mol. The molecule has 0 saturated carbocycles. The van der Waals surface area contributed by atoms with Gasteiger partial charge in [-0.2, -0.15) is 0 Å². The Morgan fingerprint density at radius 2 is 0.443 bits per heavy atom. The highest BCUT2D eigenvalue weighted by Crippen LogP contribution is 2.46. The molecule has 0 spiro atoms. The number of rotatable bonds is 66. The summed E-state index contributed by atoms with van der Waals surface area (Å²) >= 11 is 0. The van der Waals surface area contributed by atoms with E-state index in [0.717, 1.165) is 116 Å². The third kappa shape index (κ3) is 45.6. The van der Waals surface area contributed by atoms with Crippen LogP contribution in [-0.2, 0) is 38.4 Å². The van der Waals surface area contributed by atoms with E-state index in [4.69, 9.17) is 0 Å². The van der Waals surface area contributed by atoms with Crippen LogP contribution in [0, 0.1) is 21.7 Å². The van der Waals surface area contributed by atoms with Crippen LogP contribution in [0.4, 0.5) is 0 Å². The highest BCUT2D eigenvalue weighted by atomic mass is 16.2. The average Bonchev–Trinajstić information content (AvgIpc) is 0.840. The molecule has 115 heavy (non-hydrogen) atoms. The Balaban J connectivity index is 1.06. The van der Waals surface area contributed by atoms with Gasteiger partial charge in [0.1, 0.15) is 12.1 Å². The van der Waals surface area contributed by atoms with Crippen LogP contribution in [0.5, 0.6) is 0 Å². The number of nitrogens with one attached hydrogen (secondary N) is 8. The highest BCUT2D eigenvalue weighted by molar-refractivity contribution is 5.88. The first kappa shape index (κ1) is 102. The van der Waals surface area contributed by atoms with Crippen LogP contribution in [0.2, 0.25) is 0 Å². The molecule has 0 radical (unpaired) electrons. The molecule has 8 N–H and O–H groups in total. The van der Waals surface area contributed by atoms with E-state index >= 15 is 0 Å². The number of hydrogen-bond donors (Lipinski definition) is 8. The molecule has 4 aliphatic rings. The van der Waals surface area contributed by atoms with E-state index in [1.165, 1.54) is 193 Å². The Morgan fingerprint density at radius 3 is 0.696 bits per heavy atom. The number of hydrogen-bond acceptors (Lipinski definition) is 8. The molecule has 2 unspecified atom stereocenters. The molecule has 0 saturated heterocycles. The van der Waals surface area contributed by atoms with Crippen molar-refractivity contribution in [3.63, 3.8) is 0 Å². The zero-order valence-electron chi connectivity index (χ0n) is 76.4. The zero-order valence-corrected chi connectivity index (χ0v) is 76.4. The van der Waals surface area contributed by atoms with Crippen molar-refractivity contribution in [3.8, 4) is 0 Å². The molecule has 0 aliphatic heterocycles. The first-order valence-corrected chi connectivity index (χ1v) is 48.1. The molecule has 0 heterocycles. The molecular formula is C99H176N8O8. The molecule has 0 aromatic rings. The maximum Gasteiger partial charge on any atom is 0.242 e. The molecule has 660 valence electrons. The van der Waals surface area contributed by atoms with Gasteiger partial charge in [0, 0.05) is 77.8 Å². The van der Waals surface area contributed by atoms with Gasteiger partial charge in [0.2, 0.25) is 47.3 Å². The van der Waals surface area contributed by atoms with Gasteiger partial charge in [0.15, 0.2) is 0 Å². The Morgan fingerprint density at radius 1 is 0.243 bits per heavy atom. The summed E-state index contributed by atoms with van der Waals surface area (Å²) < 4.78 is 0. The van der Waals surface area contributed by atoms with Crippen molar-refractivity contribution in [3.05, 3.63) is 44.6 Å². The fraction of sp³-hybridized carbons (Fsp3) is 0.838. The van der Waals surface area contributed by atoms with E-state index in [2.05, 4.69) is 126 Å². The van der Waals surface area contributed by atoms with Gasteiger partial charge in [-0.25, -0.2) is 0 Å². The molecule has 16 heteroatoms. The van der Waals surface area contributed by atoms with E-state index in [0.29, 0.717) is 119 Å². The summed E-state index contributed by atoms with van der Waals surface area (Å²) in [5, 5.41) is 24.4. The van der Waals surface area contributed by atoms with Crippen molar-refractivity contribution < 1.29 is 38.4 Å². The summed E-state index contributed by atoms with van der Waals surface area (Å²) in [6.07, 6.45) is 58.3. The molecule has 4 rings (SSSR count). The van der Waals surface area contributed by atoms with Crippen LogP contribution >= 0.6 is 0 Å². The second-order valence-electron chi connectivity index (χ2n) is 38.7. The average molecular weight is 1610 g/mol. The predicted octanol–water partition coefficient (Wildman–Crippen LogP) is 23.1. The molecule has 4 aliphatic carbocycles. The third-order valence-electron chi connectivity index (χ3n) is 26.6. The van der Waals surface area contributed by atoms with Crippen LogP contribution in [0.15, 0.2) is 44.6 Å². The molecule has 0 bridgehead atoms. The second kappa shape index (κ2) is 59.4. The minimum atomic E-state index is -0.640. The van der Waals surface area contributed by atoms with E-state index in [1.54, 1.807) is 44.6 Å². The molecule has 2 atom stereocenters. The lowest BCUT2D eigenvalue weighted by molar-refractivity contribution is -0.129. The topological polar surface area (TPSA) is 233 Å². The first-order chi connectivity index (χ1) is 55.1. The number of carbonyl (C=O) groups excluding carboxylic acids is 8. The molecule has 0 aromatic heterocycles. The zero-order chi connectivity index (χ0) is 84.0. The van der Waals surface area contributed by atoms with Crippen molar-refractivity contribution in [1.82, 2.24) is 42.5 Å². The van der Waals surface area contributed by atoms with Crippen molar-refractivity contribution in [2.75, 3.05) is 39.3 Å². The minimum Gasteiger partial charge on any atom is -0.356 e.